The molecule has 0 aliphatic carbocycles. The van der Waals surface area contributed by atoms with E-state index in [1.807, 2.05) is 31.2 Å². The van der Waals surface area contributed by atoms with Crippen LogP contribution in [0, 0.1) is 6.92 Å². The number of anilines is 1. The van der Waals surface area contributed by atoms with Crippen LogP contribution in [-0.2, 0) is 19.6 Å². The van der Waals surface area contributed by atoms with E-state index in [4.69, 9.17) is 9.47 Å². The fourth-order valence-corrected chi connectivity index (χ4v) is 4.70. The zero-order valence-corrected chi connectivity index (χ0v) is 19.2. The molecule has 0 atom stereocenters. The second-order valence-electron chi connectivity index (χ2n) is 6.95. The van der Waals surface area contributed by atoms with E-state index in [2.05, 4.69) is 21.2 Å². The van der Waals surface area contributed by atoms with Gasteiger partial charge in [-0.1, -0.05) is 22.0 Å². The molecule has 7 nitrogen and oxygen atoms in total. The van der Waals surface area contributed by atoms with Crippen molar-refractivity contribution in [2.45, 2.75) is 24.7 Å². The standard InChI is InChI=1S/C21H25BrN2O5S/c1-16-4-9-19(30(26,27)24-10-13-28-14-11-24)15-20(16)23-21(25)3-2-12-29-18-7-5-17(22)6-8-18/h4-9,15H,2-3,10-14H2,1H3,(H,23,25). The molecule has 2 aromatic carbocycles. The first-order valence-corrected chi connectivity index (χ1v) is 12.0. The van der Waals surface area contributed by atoms with Gasteiger partial charge in [0.05, 0.1) is 24.7 Å². The maximum Gasteiger partial charge on any atom is 0.243 e. The molecule has 30 heavy (non-hydrogen) atoms. The lowest BCUT2D eigenvalue weighted by atomic mass is 10.2. The van der Waals surface area contributed by atoms with Gasteiger partial charge >= 0.3 is 0 Å². The van der Waals surface area contributed by atoms with E-state index in [1.165, 1.54) is 10.4 Å². The molecule has 9 heteroatoms. The van der Waals surface area contributed by atoms with Gasteiger partial charge in [0, 0.05) is 29.7 Å². The third kappa shape index (κ3) is 6.04. The molecule has 0 radical (unpaired) electrons. The van der Waals surface area contributed by atoms with Gasteiger partial charge in [0.1, 0.15) is 5.75 Å². The Morgan fingerprint density at radius 2 is 1.87 bits per heavy atom. The lowest BCUT2D eigenvalue weighted by Gasteiger charge is -2.26. The van der Waals surface area contributed by atoms with Gasteiger partial charge in [-0.05, 0) is 55.3 Å². The van der Waals surface area contributed by atoms with Gasteiger partial charge in [-0.25, -0.2) is 8.42 Å². The van der Waals surface area contributed by atoms with Crippen molar-refractivity contribution in [2.24, 2.45) is 0 Å². The Labute approximate surface area is 185 Å². The van der Waals surface area contributed by atoms with E-state index >= 15 is 0 Å². The molecule has 1 N–H and O–H groups in total. The van der Waals surface area contributed by atoms with Crippen LogP contribution in [-0.4, -0.2) is 51.5 Å². The van der Waals surface area contributed by atoms with Crippen molar-refractivity contribution in [3.63, 3.8) is 0 Å². The summed E-state index contributed by atoms with van der Waals surface area (Å²) in [5.41, 5.74) is 1.30. The number of nitrogens with one attached hydrogen (secondary N) is 1. The quantitative estimate of drug-likeness (QED) is 0.564. The Balaban J connectivity index is 1.55. The Morgan fingerprint density at radius 3 is 2.57 bits per heavy atom. The summed E-state index contributed by atoms with van der Waals surface area (Å²) in [5, 5.41) is 2.82. The number of nitrogens with zero attached hydrogens (tertiary/aromatic N) is 1. The number of carbonyl (C=O) groups is 1. The fraction of sp³-hybridized carbons (Fsp3) is 0.381. The molecule has 0 spiro atoms. The van der Waals surface area contributed by atoms with Crippen molar-refractivity contribution in [1.29, 1.82) is 0 Å². The number of aryl methyl sites for hydroxylation is 1. The Bertz CT molecular complexity index is 973. The van der Waals surface area contributed by atoms with E-state index in [0.717, 1.165) is 15.8 Å². The minimum Gasteiger partial charge on any atom is -0.494 e. The zero-order chi connectivity index (χ0) is 21.6. The lowest BCUT2D eigenvalue weighted by Crippen LogP contribution is -2.40. The van der Waals surface area contributed by atoms with Gasteiger partial charge in [0.15, 0.2) is 0 Å². The zero-order valence-electron chi connectivity index (χ0n) is 16.8. The molecule has 1 aliphatic heterocycles. The number of carbonyl (C=O) groups excluding carboxylic acids is 1. The van der Waals surface area contributed by atoms with Crippen LogP contribution >= 0.6 is 15.9 Å². The van der Waals surface area contributed by atoms with E-state index in [1.54, 1.807) is 12.1 Å². The summed E-state index contributed by atoms with van der Waals surface area (Å²) < 4.78 is 38.9. The van der Waals surface area contributed by atoms with Crippen molar-refractivity contribution in [3.05, 3.63) is 52.5 Å². The summed E-state index contributed by atoms with van der Waals surface area (Å²) in [6, 6.07) is 12.3. The third-order valence-electron chi connectivity index (χ3n) is 4.72. The predicted octanol–water partition coefficient (Wildman–Crippen LogP) is 3.58. The SMILES string of the molecule is Cc1ccc(S(=O)(=O)N2CCOCC2)cc1NC(=O)CCCOc1ccc(Br)cc1. The molecule has 0 aromatic heterocycles. The molecule has 0 bridgehead atoms. The van der Waals surface area contributed by atoms with Crippen LogP contribution in [0.1, 0.15) is 18.4 Å². The highest BCUT2D eigenvalue weighted by Crippen LogP contribution is 2.24. The number of morpholine rings is 1. The average molecular weight is 497 g/mol. The number of rotatable bonds is 8. The van der Waals surface area contributed by atoms with Gasteiger partial charge in [-0.15, -0.1) is 0 Å². The van der Waals surface area contributed by atoms with E-state index in [0.29, 0.717) is 45.0 Å². The van der Waals surface area contributed by atoms with Crippen molar-refractivity contribution in [2.75, 3.05) is 38.2 Å². The molecule has 0 saturated carbocycles. The van der Waals surface area contributed by atoms with Crippen LogP contribution < -0.4 is 10.1 Å². The highest BCUT2D eigenvalue weighted by molar-refractivity contribution is 9.10. The molecule has 1 aliphatic rings. The summed E-state index contributed by atoms with van der Waals surface area (Å²) in [5.74, 6) is 0.564. The Hall–Kier alpha value is -1.94. The monoisotopic (exact) mass is 496 g/mol. The van der Waals surface area contributed by atoms with E-state index in [9.17, 15) is 13.2 Å². The Kier molecular flexibility index (Phi) is 7.87. The molecule has 1 heterocycles. The summed E-state index contributed by atoms with van der Waals surface area (Å²) >= 11 is 3.37. The number of halogens is 1. The van der Waals surface area contributed by atoms with Gasteiger partial charge < -0.3 is 14.8 Å². The van der Waals surface area contributed by atoms with Crippen molar-refractivity contribution in [3.8, 4) is 5.75 Å². The molecule has 162 valence electrons. The number of ether oxygens (including phenoxy) is 2. The average Bonchev–Trinajstić information content (AvgIpc) is 2.74. The van der Waals surface area contributed by atoms with Gasteiger partial charge in [0.25, 0.3) is 0 Å². The highest BCUT2D eigenvalue weighted by atomic mass is 79.9. The second-order valence-corrected chi connectivity index (χ2v) is 9.80. The number of hydrogen-bond donors (Lipinski definition) is 1. The van der Waals surface area contributed by atoms with Gasteiger partial charge in [0.2, 0.25) is 15.9 Å². The maximum absolute atomic E-state index is 12.8. The van der Waals surface area contributed by atoms with Gasteiger partial charge in [-0.2, -0.15) is 4.31 Å². The first kappa shape index (κ1) is 22.7. The van der Waals surface area contributed by atoms with E-state index in [-0.39, 0.29) is 17.2 Å². The smallest absolute Gasteiger partial charge is 0.243 e. The maximum atomic E-state index is 12.8. The highest BCUT2D eigenvalue weighted by Gasteiger charge is 2.26. The van der Waals surface area contributed by atoms with Crippen LogP contribution in [0.15, 0.2) is 51.8 Å². The fourth-order valence-electron chi connectivity index (χ4n) is 3.00. The summed E-state index contributed by atoms with van der Waals surface area (Å²) in [4.78, 5) is 12.5. The number of sulfonamides is 1. The molecule has 1 saturated heterocycles. The second kappa shape index (κ2) is 10.4. The van der Waals surface area contributed by atoms with Crippen molar-refractivity contribution in [1.82, 2.24) is 4.31 Å². The third-order valence-corrected chi connectivity index (χ3v) is 7.14. The molecule has 1 fully saturated rings. The van der Waals surface area contributed by atoms with Crippen LogP contribution in [0.3, 0.4) is 0 Å². The summed E-state index contributed by atoms with van der Waals surface area (Å²) in [6.45, 7) is 3.68. The Morgan fingerprint density at radius 1 is 1.17 bits per heavy atom. The predicted molar refractivity (Wildman–Crippen MR) is 118 cm³/mol. The lowest BCUT2D eigenvalue weighted by molar-refractivity contribution is -0.116. The van der Waals surface area contributed by atoms with Crippen LogP contribution in [0.4, 0.5) is 5.69 Å². The van der Waals surface area contributed by atoms with E-state index < -0.39 is 10.0 Å². The number of hydrogen-bond acceptors (Lipinski definition) is 5. The molecule has 1 amide bonds. The van der Waals surface area contributed by atoms with Crippen LogP contribution in [0.5, 0.6) is 5.75 Å². The largest absolute Gasteiger partial charge is 0.494 e. The first-order chi connectivity index (χ1) is 14.4. The topological polar surface area (TPSA) is 84.9 Å². The molecule has 0 unspecified atom stereocenters. The van der Waals surface area contributed by atoms with Crippen LogP contribution in [0.2, 0.25) is 0 Å². The molecule has 3 rings (SSSR count). The number of amides is 1. The normalized spacial score (nSPS) is 15.0. The van der Waals surface area contributed by atoms with Gasteiger partial charge in [-0.3, -0.25) is 4.79 Å². The van der Waals surface area contributed by atoms with Crippen molar-refractivity contribution < 1.29 is 22.7 Å². The van der Waals surface area contributed by atoms with Crippen molar-refractivity contribution >= 4 is 37.5 Å². The molecule has 2 aromatic rings. The molecular weight excluding hydrogens is 472 g/mol. The summed E-state index contributed by atoms with van der Waals surface area (Å²) in [7, 11) is -3.61. The first-order valence-electron chi connectivity index (χ1n) is 9.73. The molecular formula is C21H25BrN2O5S. The minimum absolute atomic E-state index is 0.170. The minimum atomic E-state index is -3.61. The number of benzene rings is 2. The van der Waals surface area contributed by atoms with Crippen LogP contribution in [0.25, 0.3) is 0 Å². The summed E-state index contributed by atoms with van der Waals surface area (Å²) in [6.07, 6.45) is 0.823.